The number of nitrogen functional groups attached to an aromatic ring is 1. The van der Waals surface area contributed by atoms with E-state index in [0.29, 0.717) is 23.5 Å². The number of carbonyl (C=O) groups is 1. The predicted molar refractivity (Wildman–Crippen MR) is 98.8 cm³/mol. The Kier molecular flexibility index (Phi) is 4.01. The summed E-state index contributed by atoms with van der Waals surface area (Å²) in [5.41, 5.74) is 10.3. The second kappa shape index (κ2) is 6.48. The van der Waals surface area contributed by atoms with Gasteiger partial charge in [0.15, 0.2) is 0 Å². The summed E-state index contributed by atoms with van der Waals surface area (Å²) in [5, 5.41) is 2.84. The van der Waals surface area contributed by atoms with Crippen LogP contribution in [0.2, 0.25) is 0 Å². The summed E-state index contributed by atoms with van der Waals surface area (Å²) >= 11 is 0. The third-order valence-electron chi connectivity index (χ3n) is 4.52. The van der Waals surface area contributed by atoms with Crippen molar-refractivity contribution in [2.45, 2.75) is 13.1 Å². The number of carbonyl (C=O) groups excluding carboxylic acids is 1. The molecule has 0 aliphatic carbocycles. The number of nitrogens with one attached hydrogen (secondary N) is 1. The normalized spacial score (nSPS) is 12.7. The van der Waals surface area contributed by atoms with Crippen molar-refractivity contribution in [3.63, 3.8) is 0 Å². The minimum Gasteiger partial charge on any atom is -0.397 e. The number of rotatable bonds is 2. The van der Waals surface area contributed by atoms with E-state index in [9.17, 15) is 9.18 Å². The number of nitrogens with zero attached hydrogens (tertiary/aromatic N) is 2. The molecule has 0 saturated carbocycles. The molecule has 0 fully saturated rings. The highest BCUT2D eigenvalue weighted by Crippen LogP contribution is 2.29. The van der Waals surface area contributed by atoms with E-state index in [1.165, 1.54) is 6.07 Å². The van der Waals surface area contributed by atoms with Gasteiger partial charge in [-0.1, -0.05) is 18.2 Å². The van der Waals surface area contributed by atoms with Crippen LogP contribution in [0.1, 0.15) is 11.1 Å². The van der Waals surface area contributed by atoms with Gasteiger partial charge in [-0.25, -0.2) is 9.18 Å². The van der Waals surface area contributed by atoms with Crippen molar-refractivity contribution in [2.75, 3.05) is 11.1 Å². The van der Waals surface area contributed by atoms with Crippen molar-refractivity contribution in [1.29, 1.82) is 0 Å². The van der Waals surface area contributed by atoms with E-state index in [4.69, 9.17) is 5.73 Å². The topological polar surface area (TPSA) is 71.2 Å². The molecule has 0 atom stereocenters. The maximum atomic E-state index is 13.9. The van der Waals surface area contributed by atoms with E-state index in [2.05, 4.69) is 10.3 Å². The van der Waals surface area contributed by atoms with Gasteiger partial charge in [-0.15, -0.1) is 0 Å². The van der Waals surface area contributed by atoms with Gasteiger partial charge in [-0.05, 0) is 47.0 Å². The number of amides is 2. The Morgan fingerprint density at radius 1 is 1.08 bits per heavy atom. The highest BCUT2D eigenvalue weighted by molar-refractivity contribution is 5.94. The molecule has 3 aromatic rings. The molecule has 0 radical (unpaired) electrons. The maximum absolute atomic E-state index is 13.9. The zero-order valence-electron chi connectivity index (χ0n) is 13.9. The van der Waals surface area contributed by atoms with E-state index < -0.39 is 0 Å². The van der Waals surface area contributed by atoms with Gasteiger partial charge >= 0.3 is 6.03 Å². The molecule has 0 saturated heterocycles. The van der Waals surface area contributed by atoms with E-state index in [1.54, 1.807) is 29.4 Å². The molecule has 2 aromatic carbocycles. The molecule has 0 unspecified atom stereocenters. The van der Waals surface area contributed by atoms with Gasteiger partial charge in [-0.3, -0.25) is 4.98 Å². The fraction of sp³-hybridized carbons (Fsp3) is 0.100. The van der Waals surface area contributed by atoms with Crippen LogP contribution in [-0.2, 0) is 13.1 Å². The number of nitrogens with two attached hydrogens (primary N) is 1. The van der Waals surface area contributed by atoms with Gasteiger partial charge in [-0.2, -0.15) is 0 Å². The fourth-order valence-corrected chi connectivity index (χ4v) is 3.11. The minimum atomic E-state index is -0.306. The van der Waals surface area contributed by atoms with Gasteiger partial charge < -0.3 is 16.0 Å². The van der Waals surface area contributed by atoms with Crippen LogP contribution in [0.15, 0.2) is 60.9 Å². The quantitative estimate of drug-likeness (QED) is 0.687. The molecule has 3 N–H and O–H groups in total. The van der Waals surface area contributed by atoms with Crippen LogP contribution in [0.25, 0.3) is 11.1 Å². The van der Waals surface area contributed by atoms with Gasteiger partial charge in [0, 0.05) is 24.5 Å². The Morgan fingerprint density at radius 3 is 2.65 bits per heavy atom. The zero-order chi connectivity index (χ0) is 18.1. The minimum absolute atomic E-state index is 0.248. The summed E-state index contributed by atoms with van der Waals surface area (Å²) in [7, 11) is 0. The lowest BCUT2D eigenvalue weighted by Crippen LogP contribution is -2.30. The summed E-state index contributed by atoms with van der Waals surface area (Å²) in [6.07, 6.45) is 3.42. The largest absolute Gasteiger partial charge is 0.397 e. The molecule has 2 amide bonds. The first-order valence-corrected chi connectivity index (χ1v) is 8.24. The summed E-state index contributed by atoms with van der Waals surface area (Å²) in [6.45, 7) is 0.626. The van der Waals surface area contributed by atoms with Gasteiger partial charge in [0.1, 0.15) is 5.82 Å². The number of hydrogen-bond acceptors (Lipinski definition) is 3. The van der Waals surface area contributed by atoms with Gasteiger partial charge in [0.2, 0.25) is 0 Å². The van der Waals surface area contributed by atoms with Crippen LogP contribution < -0.4 is 11.1 Å². The van der Waals surface area contributed by atoms with Gasteiger partial charge in [0.05, 0.1) is 17.9 Å². The smallest absolute Gasteiger partial charge is 0.322 e. The highest BCUT2D eigenvalue weighted by Gasteiger charge is 2.26. The van der Waals surface area contributed by atoms with Crippen molar-refractivity contribution >= 4 is 17.4 Å². The third-order valence-corrected chi connectivity index (χ3v) is 4.52. The number of aromatic nitrogens is 1. The summed E-state index contributed by atoms with van der Waals surface area (Å²) in [5.74, 6) is -0.281. The Balaban J connectivity index is 1.54. The SMILES string of the molecule is Nc1ccc(-c2ccncc2)cc1NC(=O)N1Cc2cccc(F)c2C1. The number of halogens is 1. The summed E-state index contributed by atoms with van der Waals surface area (Å²) in [6, 6.07) is 13.8. The second-order valence-corrected chi connectivity index (χ2v) is 6.20. The summed E-state index contributed by atoms with van der Waals surface area (Å²) < 4.78 is 13.9. The molecule has 26 heavy (non-hydrogen) atoms. The molecule has 1 aromatic heterocycles. The Hall–Kier alpha value is -3.41. The van der Waals surface area contributed by atoms with Crippen LogP contribution in [0.5, 0.6) is 0 Å². The Labute approximate surface area is 150 Å². The first kappa shape index (κ1) is 16.1. The lowest BCUT2D eigenvalue weighted by atomic mass is 10.1. The van der Waals surface area contributed by atoms with E-state index in [0.717, 1.165) is 16.7 Å². The molecule has 4 rings (SSSR count). The van der Waals surface area contributed by atoms with Gasteiger partial charge in [0.25, 0.3) is 0 Å². The molecule has 0 bridgehead atoms. The fourth-order valence-electron chi connectivity index (χ4n) is 3.11. The number of benzene rings is 2. The zero-order valence-corrected chi connectivity index (χ0v) is 13.9. The molecule has 1 aliphatic heterocycles. The van der Waals surface area contributed by atoms with E-state index >= 15 is 0 Å². The number of pyridine rings is 1. The second-order valence-electron chi connectivity index (χ2n) is 6.20. The maximum Gasteiger partial charge on any atom is 0.322 e. The van der Waals surface area contributed by atoms with Crippen molar-refractivity contribution in [3.8, 4) is 11.1 Å². The number of fused-ring (bicyclic) bond motifs is 1. The Morgan fingerprint density at radius 2 is 1.88 bits per heavy atom. The monoisotopic (exact) mass is 348 g/mol. The van der Waals surface area contributed by atoms with Crippen molar-refractivity contribution in [2.24, 2.45) is 0 Å². The average Bonchev–Trinajstić information content (AvgIpc) is 3.10. The highest BCUT2D eigenvalue weighted by atomic mass is 19.1. The molecule has 2 heterocycles. The lowest BCUT2D eigenvalue weighted by molar-refractivity contribution is 0.212. The molecule has 130 valence electrons. The Bertz CT molecular complexity index is 975. The molecular formula is C20H17FN4O. The van der Waals surface area contributed by atoms with Crippen LogP contribution in [0.3, 0.4) is 0 Å². The third kappa shape index (κ3) is 2.97. The lowest BCUT2D eigenvalue weighted by Gasteiger charge is -2.18. The molecule has 0 spiro atoms. The standard InChI is InChI=1S/C20H17FN4O/c21-17-3-1-2-15-11-25(12-16(15)17)20(26)24-19-10-14(4-5-18(19)22)13-6-8-23-9-7-13/h1-10H,11-12,22H2,(H,24,26). The average molecular weight is 348 g/mol. The molecular weight excluding hydrogens is 331 g/mol. The molecule has 6 heteroatoms. The van der Waals surface area contributed by atoms with Crippen LogP contribution in [0.4, 0.5) is 20.6 Å². The first-order valence-electron chi connectivity index (χ1n) is 8.24. The number of anilines is 2. The van der Waals surface area contributed by atoms with Crippen LogP contribution >= 0.6 is 0 Å². The van der Waals surface area contributed by atoms with Crippen molar-refractivity contribution in [3.05, 3.63) is 77.9 Å². The van der Waals surface area contributed by atoms with Crippen LogP contribution in [-0.4, -0.2) is 15.9 Å². The predicted octanol–water partition coefficient (Wildman–Crippen LogP) is 4.02. The van der Waals surface area contributed by atoms with Crippen molar-refractivity contribution < 1.29 is 9.18 Å². The number of hydrogen-bond donors (Lipinski definition) is 2. The van der Waals surface area contributed by atoms with E-state index in [1.807, 2.05) is 30.3 Å². The van der Waals surface area contributed by atoms with Crippen LogP contribution in [0, 0.1) is 5.82 Å². The van der Waals surface area contributed by atoms with E-state index in [-0.39, 0.29) is 18.4 Å². The van der Waals surface area contributed by atoms with Crippen molar-refractivity contribution in [1.82, 2.24) is 9.88 Å². The first-order chi connectivity index (χ1) is 12.6. The molecule has 5 nitrogen and oxygen atoms in total. The summed E-state index contributed by atoms with van der Waals surface area (Å²) in [4.78, 5) is 18.2. The molecule has 1 aliphatic rings. The number of urea groups is 1.